The van der Waals surface area contributed by atoms with Gasteiger partial charge in [0, 0.05) is 16.4 Å². The van der Waals surface area contributed by atoms with E-state index in [1.165, 1.54) is 0 Å². The highest BCUT2D eigenvalue weighted by molar-refractivity contribution is 8.17. The highest BCUT2D eigenvalue weighted by Gasteiger charge is 2.17. The minimum absolute atomic E-state index is 0.100. The van der Waals surface area contributed by atoms with Gasteiger partial charge in [-0.05, 0) is 31.0 Å². The van der Waals surface area contributed by atoms with Crippen molar-refractivity contribution in [3.8, 4) is 0 Å². The quantitative estimate of drug-likeness (QED) is 0.805. The first-order chi connectivity index (χ1) is 7.68. The standard InChI is InChI=1S/C10H14ClNO3S2/c1-4-16(13,12-17(11,14)15)10-7-8(2)5-6-9(10)3/h5-7H,4H2,1-3H3. The third-order valence-electron chi connectivity index (χ3n) is 2.29. The molecule has 7 heteroatoms. The van der Waals surface area contributed by atoms with Gasteiger partial charge in [-0.1, -0.05) is 22.8 Å². The first kappa shape index (κ1) is 14.5. The van der Waals surface area contributed by atoms with Gasteiger partial charge in [0.2, 0.25) is 0 Å². The number of halogens is 1. The van der Waals surface area contributed by atoms with Crippen molar-refractivity contribution in [1.82, 2.24) is 0 Å². The lowest BCUT2D eigenvalue weighted by Gasteiger charge is -2.10. The maximum atomic E-state index is 12.5. The summed E-state index contributed by atoms with van der Waals surface area (Å²) in [5, 5.41) is 0. The molecule has 1 atom stereocenters. The number of aryl methyl sites for hydroxylation is 2. The summed E-state index contributed by atoms with van der Waals surface area (Å²) in [5.74, 6) is 0.100. The number of hydrogen-bond donors (Lipinski definition) is 0. The molecule has 1 aromatic rings. The zero-order chi connectivity index (χ0) is 13.3. The summed E-state index contributed by atoms with van der Waals surface area (Å²) >= 11 is 0. The highest BCUT2D eigenvalue weighted by atomic mass is 35.7. The topological polar surface area (TPSA) is 63.6 Å². The van der Waals surface area contributed by atoms with Crippen LogP contribution in [0.15, 0.2) is 26.9 Å². The van der Waals surface area contributed by atoms with Crippen LogP contribution in [0, 0.1) is 13.8 Å². The van der Waals surface area contributed by atoms with Crippen LogP contribution in [0.4, 0.5) is 0 Å². The zero-order valence-electron chi connectivity index (χ0n) is 9.81. The molecule has 0 heterocycles. The number of rotatable bonds is 3. The molecule has 1 aromatic carbocycles. The van der Waals surface area contributed by atoms with Crippen molar-refractivity contribution in [2.24, 2.45) is 3.77 Å². The van der Waals surface area contributed by atoms with Crippen LogP contribution in [0.2, 0.25) is 0 Å². The molecule has 0 spiro atoms. The molecule has 0 N–H and O–H groups in total. The maximum absolute atomic E-state index is 12.5. The fraction of sp³-hybridized carbons (Fsp3) is 0.400. The van der Waals surface area contributed by atoms with E-state index < -0.39 is 19.0 Å². The highest BCUT2D eigenvalue weighted by Crippen LogP contribution is 2.22. The van der Waals surface area contributed by atoms with E-state index in [1.807, 2.05) is 13.0 Å². The first-order valence-electron chi connectivity index (χ1n) is 4.96. The Balaban J connectivity index is 3.64. The van der Waals surface area contributed by atoms with Gasteiger partial charge in [-0.25, -0.2) is 4.21 Å². The van der Waals surface area contributed by atoms with E-state index in [9.17, 15) is 12.6 Å². The van der Waals surface area contributed by atoms with E-state index in [0.717, 1.165) is 11.1 Å². The average molecular weight is 296 g/mol. The van der Waals surface area contributed by atoms with Gasteiger partial charge in [0.1, 0.15) is 0 Å². The summed E-state index contributed by atoms with van der Waals surface area (Å²) in [6.07, 6.45) is 0. The lowest BCUT2D eigenvalue weighted by atomic mass is 10.2. The fourth-order valence-electron chi connectivity index (χ4n) is 1.44. The van der Waals surface area contributed by atoms with Gasteiger partial charge in [-0.15, -0.1) is 0 Å². The van der Waals surface area contributed by atoms with Gasteiger partial charge < -0.3 is 0 Å². The van der Waals surface area contributed by atoms with E-state index in [4.69, 9.17) is 10.7 Å². The second-order valence-electron chi connectivity index (χ2n) is 3.68. The predicted octanol–water partition coefficient (Wildman–Crippen LogP) is 2.63. The zero-order valence-corrected chi connectivity index (χ0v) is 12.2. The molecule has 0 fully saturated rings. The van der Waals surface area contributed by atoms with Crippen molar-refractivity contribution in [3.05, 3.63) is 29.3 Å². The van der Waals surface area contributed by atoms with Crippen LogP contribution in [-0.4, -0.2) is 18.4 Å². The van der Waals surface area contributed by atoms with Gasteiger partial charge in [0.05, 0.1) is 14.6 Å². The fourth-order valence-corrected chi connectivity index (χ4v) is 5.41. The Morgan fingerprint density at radius 3 is 2.29 bits per heavy atom. The number of hydrogen-bond acceptors (Lipinski definition) is 3. The summed E-state index contributed by atoms with van der Waals surface area (Å²) in [6.45, 7) is 5.23. The van der Waals surface area contributed by atoms with Gasteiger partial charge in [-0.2, -0.15) is 8.42 Å². The Bertz CT molecular complexity index is 644. The van der Waals surface area contributed by atoms with Crippen molar-refractivity contribution in [2.45, 2.75) is 25.7 Å². The molecule has 0 bridgehead atoms. The molecular weight excluding hydrogens is 282 g/mol. The molecule has 0 saturated heterocycles. The molecule has 0 aromatic heterocycles. The molecule has 17 heavy (non-hydrogen) atoms. The molecule has 1 rings (SSSR count). The van der Waals surface area contributed by atoms with Crippen molar-refractivity contribution in [1.29, 1.82) is 0 Å². The smallest absolute Gasteiger partial charge is 0.244 e. The van der Waals surface area contributed by atoms with Crippen LogP contribution >= 0.6 is 10.7 Å². The lowest BCUT2D eigenvalue weighted by molar-refractivity contribution is 0.611. The Hall–Kier alpha value is -0.590. The second-order valence-corrected chi connectivity index (χ2v) is 8.57. The summed E-state index contributed by atoms with van der Waals surface area (Å²) in [4.78, 5) is 0.434. The van der Waals surface area contributed by atoms with E-state index in [0.29, 0.717) is 4.90 Å². The van der Waals surface area contributed by atoms with Crippen LogP contribution < -0.4 is 0 Å². The Morgan fingerprint density at radius 2 is 1.82 bits per heavy atom. The second kappa shape index (κ2) is 4.96. The van der Waals surface area contributed by atoms with E-state index in [2.05, 4.69) is 3.77 Å². The average Bonchev–Trinajstić information content (AvgIpc) is 2.19. The van der Waals surface area contributed by atoms with Crippen LogP contribution in [0.5, 0.6) is 0 Å². The molecule has 0 aliphatic rings. The van der Waals surface area contributed by atoms with Gasteiger partial charge in [-0.3, -0.25) is 0 Å². The normalized spacial score (nSPS) is 15.3. The van der Waals surface area contributed by atoms with Crippen molar-refractivity contribution < 1.29 is 12.6 Å². The Morgan fingerprint density at radius 1 is 1.24 bits per heavy atom. The van der Waals surface area contributed by atoms with Gasteiger partial charge in [0.15, 0.2) is 0 Å². The third-order valence-corrected chi connectivity index (χ3v) is 6.38. The summed E-state index contributed by atoms with van der Waals surface area (Å²) in [5.41, 5.74) is 1.64. The van der Waals surface area contributed by atoms with Crippen LogP contribution in [0.25, 0.3) is 0 Å². The minimum atomic E-state index is -4.15. The molecule has 0 amide bonds. The minimum Gasteiger partial charge on any atom is -0.244 e. The molecule has 0 aliphatic carbocycles. The van der Waals surface area contributed by atoms with E-state index in [1.54, 1.807) is 26.0 Å². The largest absolute Gasteiger partial charge is 0.347 e. The summed E-state index contributed by atoms with van der Waals surface area (Å²) in [7, 11) is -2.10. The molecule has 4 nitrogen and oxygen atoms in total. The lowest BCUT2D eigenvalue weighted by Crippen LogP contribution is -2.08. The predicted molar refractivity (Wildman–Crippen MR) is 70.1 cm³/mol. The number of nitrogens with zero attached hydrogens (tertiary/aromatic N) is 1. The third kappa shape index (κ3) is 3.69. The SMILES string of the molecule is CCS(=O)(=NS(=O)(=O)Cl)c1cc(C)ccc1C. The monoisotopic (exact) mass is 295 g/mol. The molecule has 0 radical (unpaired) electrons. The van der Waals surface area contributed by atoms with Crippen molar-refractivity contribution in [2.75, 3.05) is 5.75 Å². The molecule has 0 aliphatic heterocycles. The Kier molecular flexibility index (Phi) is 4.22. The van der Waals surface area contributed by atoms with E-state index in [-0.39, 0.29) is 5.75 Å². The van der Waals surface area contributed by atoms with Crippen molar-refractivity contribution >= 4 is 29.6 Å². The summed E-state index contributed by atoms with van der Waals surface area (Å²) in [6, 6.07) is 5.34. The van der Waals surface area contributed by atoms with Gasteiger partial charge >= 0.3 is 9.24 Å². The first-order valence-corrected chi connectivity index (χ1v) is 8.91. The molecule has 96 valence electrons. The van der Waals surface area contributed by atoms with Gasteiger partial charge in [0.25, 0.3) is 0 Å². The van der Waals surface area contributed by atoms with Crippen LogP contribution in [0.1, 0.15) is 18.1 Å². The van der Waals surface area contributed by atoms with Crippen molar-refractivity contribution in [3.63, 3.8) is 0 Å². The molecule has 1 unspecified atom stereocenters. The molecule has 0 saturated carbocycles. The number of benzene rings is 1. The maximum Gasteiger partial charge on any atom is 0.347 e. The molecular formula is C10H14ClNO3S2. The van der Waals surface area contributed by atoms with Crippen LogP contribution in [-0.2, 0) is 19.0 Å². The summed E-state index contributed by atoms with van der Waals surface area (Å²) < 4.78 is 37.8. The van der Waals surface area contributed by atoms with Crippen LogP contribution in [0.3, 0.4) is 0 Å². The Labute approximate surface area is 107 Å². The van der Waals surface area contributed by atoms with E-state index >= 15 is 0 Å².